The van der Waals surface area contributed by atoms with Crippen LogP contribution in [-0.4, -0.2) is 19.2 Å². The third-order valence-electron chi connectivity index (χ3n) is 3.25. The molecule has 4 heteroatoms. The monoisotopic (exact) mass is 298 g/mol. The van der Waals surface area contributed by atoms with Crippen LogP contribution in [0.3, 0.4) is 0 Å². The Hall–Kier alpha value is -2.49. The van der Waals surface area contributed by atoms with Gasteiger partial charge < -0.3 is 15.4 Å². The van der Waals surface area contributed by atoms with E-state index in [-0.39, 0.29) is 6.03 Å². The number of carbonyl (C=O) groups is 1. The molecule has 0 bridgehead atoms. The average Bonchev–Trinajstić information content (AvgIpc) is 2.55. The second-order valence-corrected chi connectivity index (χ2v) is 5.06. The van der Waals surface area contributed by atoms with Gasteiger partial charge in [-0.2, -0.15) is 0 Å². The van der Waals surface area contributed by atoms with Crippen LogP contribution in [0.15, 0.2) is 54.6 Å². The van der Waals surface area contributed by atoms with Gasteiger partial charge in [0.25, 0.3) is 0 Å². The molecule has 2 aromatic carbocycles. The second kappa shape index (κ2) is 8.72. The Morgan fingerprint density at radius 3 is 2.50 bits per heavy atom. The van der Waals surface area contributed by atoms with Crippen molar-refractivity contribution in [2.24, 2.45) is 0 Å². The lowest BCUT2D eigenvalue weighted by Crippen LogP contribution is -2.35. The summed E-state index contributed by atoms with van der Waals surface area (Å²) in [7, 11) is 0. The van der Waals surface area contributed by atoms with Gasteiger partial charge in [-0.3, -0.25) is 0 Å². The van der Waals surface area contributed by atoms with E-state index in [1.54, 1.807) is 0 Å². The van der Waals surface area contributed by atoms with Crippen molar-refractivity contribution in [3.8, 4) is 5.75 Å². The number of aryl methyl sites for hydroxylation is 1. The number of urea groups is 1. The molecule has 0 fully saturated rings. The lowest BCUT2D eigenvalue weighted by atomic mass is 10.2. The lowest BCUT2D eigenvalue weighted by Gasteiger charge is -2.10. The van der Waals surface area contributed by atoms with Crippen molar-refractivity contribution in [1.29, 1.82) is 0 Å². The van der Waals surface area contributed by atoms with Crippen molar-refractivity contribution in [3.05, 3.63) is 65.7 Å². The maximum Gasteiger partial charge on any atom is 0.315 e. The largest absolute Gasteiger partial charge is 0.493 e. The number of hydrogen-bond donors (Lipinski definition) is 2. The molecule has 0 aliphatic rings. The topological polar surface area (TPSA) is 50.4 Å². The van der Waals surface area contributed by atoms with Crippen LogP contribution in [0.2, 0.25) is 0 Å². The molecule has 2 amide bonds. The number of para-hydroxylation sites is 1. The van der Waals surface area contributed by atoms with Gasteiger partial charge in [-0.05, 0) is 30.5 Å². The summed E-state index contributed by atoms with van der Waals surface area (Å²) in [5, 5.41) is 5.65. The maximum atomic E-state index is 11.6. The number of rotatable bonds is 7. The SMILES string of the molecule is Cc1ccccc1OCCCNC(=O)NCc1ccccc1. The number of carbonyl (C=O) groups excluding carboxylic acids is 1. The molecule has 0 radical (unpaired) electrons. The van der Waals surface area contributed by atoms with E-state index in [0.717, 1.165) is 23.3 Å². The van der Waals surface area contributed by atoms with Crippen LogP contribution in [0.1, 0.15) is 17.5 Å². The first kappa shape index (κ1) is 15.9. The molecule has 0 spiro atoms. The zero-order valence-corrected chi connectivity index (χ0v) is 12.8. The molecule has 116 valence electrons. The molecular weight excluding hydrogens is 276 g/mol. The molecule has 0 aliphatic heterocycles. The molecule has 2 N–H and O–H groups in total. The lowest BCUT2D eigenvalue weighted by molar-refractivity contribution is 0.238. The van der Waals surface area contributed by atoms with E-state index in [2.05, 4.69) is 10.6 Å². The van der Waals surface area contributed by atoms with Crippen LogP contribution < -0.4 is 15.4 Å². The first-order chi connectivity index (χ1) is 10.8. The van der Waals surface area contributed by atoms with Crippen molar-refractivity contribution >= 4 is 6.03 Å². The summed E-state index contributed by atoms with van der Waals surface area (Å²) in [4.78, 5) is 11.6. The molecular formula is C18H22N2O2. The quantitative estimate of drug-likeness (QED) is 0.771. The van der Waals surface area contributed by atoms with E-state index in [1.807, 2.05) is 61.5 Å². The summed E-state index contributed by atoms with van der Waals surface area (Å²) in [5.41, 5.74) is 2.21. The summed E-state index contributed by atoms with van der Waals surface area (Å²) in [6, 6.07) is 17.6. The predicted molar refractivity (Wildman–Crippen MR) is 88.0 cm³/mol. The van der Waals surface area contributed by atoms with Gasteiger partial charge in [-0.25, -0.2) is 4.79 Å². The molecule has 0 aromatic heterocycles. The minimum Gasteiger partial charge on any atom is -0.493 e. The Bertz CT molecular complexity index is 585. The van der Waals surface area contributed by atoms with Crippen LogP contribution in [0, 0.1) is 6.92 Å². The van der Waals surface area contributed by atoms with Crippen LogP contribution >= 0.6 is 0 Å². The number of ether oxygens (including phenoxy) is 1. The Morgan fingerprint density at radius 2 is 1.73 bits per heavy atom. The third-order valence-corrected chi connectivity index (χ3v) is 3.25. The van der Waals surface area contributed by atoms with Gasteiger partial charge in [0.1, 0.15) is 5.75 Å². The highest BCUT2D eigenvalue weighted by atomic mass is 16.5. The molecule has 2 rings (SSSR count). The van der Waals surface area contributed by atoms with E-state index in [0.29, 0.717) is 19.7 Å². The minimum absolute atomic E-state index is 0.153. The second-order valence-electron chi connectivity index (χ2n) is 5.06. The van der Waals surface area contributed by atoms with E-state index in [1.165, 1.54) is 0 Å². The zero-order chi connectivity index (χ0) is 15.6. The van der Waals surface area contributed by atoms with E-state index in [4.69, 9.17) is 4.74 Å². The smallest absolute Gasteiger partial charge is 0.315 e. The third kappa shape index (κ3) is 5.48. The highest BCUT2D eigenvalue weighted by molar-refractivity contribution is 5.73. The Kier molecular flexibility index (Phi) is 6.30. The van der Waals surface area contributed by atoms with Gasteiger partial charge in [0.2, 0.25) is 0 Å². The number of nitrogens with one attached hydrogen (secondary N) is 2. The van der Waals surface area contributed by atoms with Crippen LogP contribution in [0.5, 0.6) is 5.75 Å². The zero-order valence-electron chi connectivity index (χ0n) is 12.8. The maximum absolute atomic E-state index is 11.6. The summed E-state index contributed by atoms with van der Waals surface area (Å²) in [6.45, 7) is 3.73. The van der Waals surface area contributed by atoms with Gasteiger partial charge in [0.15, 0.2) is 0 Å². The fraction of sp³-hybridized carbons (Fsp3) is 0.278. The normalized spacial score (nSPS) is 10.0. The molecule has 0 atom stereocenters. The van der Waals surface area contributed by atoms with Crippen molar-refractivity contribution < 1.29 is 9.53 Å². The van der Waals surface area contributed by atoms with Gasteiger partial charge in [0, 0.05) is 13.1 Å². The van der Waals surface area contributed by atoms with Gasteiger partial charge in [-0.1, -0.05) is 48.5 Å². The van der Waals surface area contributed by atoms with Gasteiger partial charge in [-0.15, -0.1) is 0 Å². The molecule has 0 unspecified atom stereocenters. The van der Waals surface area contributed by atoms with Crippen LogP contribution in [-0.2, 0) is 6.54 Å². The highest BCUT2D eigenvalue weighted by Crippen LogP contribution is 2.15. The number of amides is 2. The van der Waals surface area contributed by atoms with Crippen molar-refractivity contribution in [3.63, 3.8) is 0 Å². The van der Waals surface area contributed by atoms with Crippen LogP contribution in [0.4, 0.5) is 4.79 Å². The molecule has 0 saturated carbocycles. The first-order valence-corrected chi connectivity index (χ1v) is 7.50. The van der Waals surface area contributed by atoms with E-state index in [9.17, 15) is 4.79 Å². The van der Waals surface area contributed by atoms with Gasteiger partial charge in [0.05, 0.1) is 6.61 Å². The van der Waals surface area contributed by atoms with Crippen molar-refractivity contribution in [2.75, 3.05) is 13.2 Å². The summed E-state index contributed by atoms with van der Waals surface area (Å²) in [5.74, 6) is 0.899. The number of hydrogen-bond acceptors (Lipinski definition) is 2. The Labute approximate surface area is 131 Å². The highest BCUT2D eigenvalue weighted by Gasteiger charge is 2.00. The molecule has 4 nitrogen and oxygen atoms in total. The molecule has 0 saturated heterocycles. The fourth-order valence-corrected chi connectivity index (χ4v) is 2.02. The summed E-state index contributed by atoms with van der Waals surface area (Å²) >= 11 is 0. The van der Waals surface area contributed by atoms with E-state index >= 15 is 0 Å². The predicted octanol–water partition coefficient (Wildman–Crippen LogP) is 3.26. The van der Waals surface area contributed by atoms with Crippen LogP contribution in [0.25, 0.3) is 0 Å². The average molecular weight is 298 g/mol. The molecule has 0 heterocycles. The Morgan fingerprint density at radius 1 is 1.00 bits per heavy atom. The van der Waals surface area contributed by atoms with Crippen molar-refractivity contribution in [2.45, 2.75) is 19.9 Å². The summed E-state index contributed by atoms with van der Waals surface area (Å²) < 4.78 is 5.68. The molecule has 0 aliphatic carbocycles. The minimum atomic E-state index is -0.153. The first-order valence-electron chi connectivity index (χ1n) is 7.50. The fourth-order valence-electron chi connectivity index (χ4n) is 2.02. The Balaban J connectivity index is 1.57. The molecule has 22 heavy (non-hydrogen) atoms. The van der Waals surface area contributed by atoms with E-state index < -0.39 is 0 Å². The van der Waals surface area contributed by atoms with Crippen molar-refractivity contribution in [1.82, 2.24) is 10.6 Å². The summed E-state index contributed by atoms with van der Waals surface area (Å²) in [6.07, 6.45) is 0.771. The van der Waals surface area contributed by atoms with Gasteiger partial charge >= 0.3 is 6.03 Å². The molecule has 2 aromatic rings. The standard InChI is InChI=1S/C18H22N2O2/c1-15-8-5-6-11-17(15)22-13-7-12-19-18(21)20-14-16-9-3-2-4-10-16/h2-6,8-11H,7,12-14H2,1H3,(H2,19,20,21). The number of benzene rings is 2.